The molecule has 3 aromatic rings. The predicted molar refractivity (Wildman–Crippen MR) is 113 cm³/mol. The third kappa shape index (κ3) is 4.64. The van der Waals surface area contributed by atoms with E-state index in [0.717, 1.165) is 6.20 Å². The highest BCUT2D eigenvalue weighted by Crippen LogP contribution is 2.37. The predicted octanol–water partition coefficient (Wildman–Crippen LogP) is 5.64. The van der Waals surface area contributed by atoms with E-state index in [1.165, 1.54) is 36.4 Å². The summed E-state index contributed by atoms with van der Waals surface area (Å²) in [5.74, 6) is -1.25. The highest BCUT2D eigenvalue weighted by atomic mass is 35.5. The number of fused-ring (bicyclic) bond motifs is 1. The molecule has 0 radical (unpaired) electrons. The number of para-hydroxylation sites is 1. The standard InChI is InChI=1S/C22H19ClF3N3O2/c1-3-29(4-2)21(31)14-10-9-13(11-17(14)23)28-20(30)16-12-27-18-8-6-5-7-15(18)19(16)22(24,25)26/h5-12H,3-4H2,1-2H3,(H,28,30). The summed E-state index contributed by atoms with van der Waals surface area (Å²) in [5, 5.41) is 2.33. The molecule has 0 saturated carbocycles. The van der Waals surface area contributed by atoms with Gasteiger partial charge < -0.3 is 10.2 Å². The first-order valence-corrected chi connectivity index (χ1v) is 9.90. The van der Waals surface area contributed by atoms with Crippen molar-refractivity contribution in [3.05, 3.63) is 70.4 Å². The fourth-order valence-electron chi connectivity index (χ4n) is 3.26. The Morgan fingerprint density at radius 3 is 2.35 bits per heavy atom. The lowest BCUT2D eigenvalue weighted by atomic mass is 10.0. The fourth-order valence-corrected chi connectivity index (χ4v) is 3.53. The smallest absolute Gasteiger partial charge is 0.339 e. The average Bonchev–Trinajstić information content (AvgIpc) is 2.73. The number of halogens is 4. The number of pyridine rings is 1. The second kappa shape index (κ2) is 8.93. The van der Waals surface area contributed by atoms with E-state index in [1.807, 2.05) is 13.8 Å². The first-order chi connectivity index (χ1) is 14.7. The summed E-state index contributed by atoms with van der Waals surface area (Å²) >= 11 is 6.20. The molecule has 1 aromatic heterocycles. The van der Waals surface area contributed by atoms with Crippen molar-refractivity contribution in [2.75, 3.05) is 18.4 Å². The second-order valence-electron chi connectivity index (χ2n) is 6.69. The van der Waals surface area contributed by atoms with E-state index >= 15 is 0 Å². The van der Waals surface area contributed by atoms with Crippen molar-refractivity contribution in [2.45, 2.75) is 20.0 Å². The molecule has 0 unspecified atom stereocenters. The topological polar surface area (TPSA) is 62.3 Å². The minimum Gasteiger partial charge on any atom is -0.339 e. The van der Waals surface area contributed by atoms with Gasteiger partial charge in [0.2, 0.25) is 0 Å². The zero-order chi connectivity index (χ0) is 22.8. The van der Waals surface area contributed by atoms with Crippen LogP contribution in [0.4, 0.5) is 18.9 Å². The van der Waals surface area contributed by atoms with Crippen LogP contribution in [-0.2, 0) is 6.18 Å². The van der Waals surface area contributed by atoms with E-state index in [1.54, 1.807) is 11.0 Å². The monoisotopic (exact) mass is 449 g/mol. The van der Waals surface area contributed by atoms with E-state index in [4.69, 9.17) is 11.6 Å². The van der Waals surface area contributed by atoms with Crippen LogP contribution in [0.15, 0.2) is 48.7 Å². The van der Waals surface area contributed by atoms with Gasteiger partial charge in [0.25, 0.3) is 11.8 Å². The summed E-state index contributed by atoms with van der Waals surface area (Å²) in [6.45, 7) is 4.66. The van der Waals surface area contributed by atoms with Crippen LogP contribution in [0.1, 0.15) is 40.1 Å². The molecule has 0 fully saturated rings. The van der Waals surface area contributed by atoms with Crippen molar-refractivity contribution in [1.29, 1.82) is 0 Å². The van der Waals surface area contributed by atoms with Crippen molar-refractivity contribution in [3.8, 4) is 0 Å². The first kappa shape index (κ1) is 22.6. The third-order valence-electron chi connectivity index (χ3n) is 4.81. The molecule has 31 heavy (non-hydrogen) atoms. The molecular formula is C22H19ClF3N3O2. The van der Waals surface area contributed by atoms with Gasteiger partial charge >= 0.3 is 6.18 Å². The van der Waals surface area contributed by atoms with Gasteiger partial charge in [0, 0.05) is 30.4 Å². The van der Waals surface area contributed by atoms with Gasteiger partial charge in [0.1, 0.15) is 0 Å². The number of carbonyl (C=O) groups excluding carboxylic acids is 2. The number of aromatic nitrogens is 1. The Labute approximate surface area is 181 Å². The summed E-state index contributed by atoms with van der Waals surface area (Å²) in [5.41, 5.74) is -1.13. The Hall–Kier alpha value is -3.13. The van der Waals surface area contributed by atoms with E-state index in [2.05, 4.69) is 10.3 Å². The molecule has 0 bridgehead atoms. The van der Waals surface area contributed by atoms with Crippen LogP contribution < -0.4 is 5.32 Å². The van der Waals surface area contributed by atoms with Gasteiger partial charge in [-0.15, -0.1) is 0 Å². The lowest BCUT2D eigenvalue weighted by molar-refractivity contribution is -0.136. The lowest BCUT2D eigenvalue weighted by Crippen LogP contribution is -2.30. The normalized spacial score (nSPS) is 11.4. The van der Waals surface area contributed by atoms with Gasteiger partial charge in [0.15, 0.2) is 0 Å². The summed E-state index contributed by atoms with van der Waals surface area (Å²) in [6.07, 6.45) is -3.85. The largest absolute Gasteiger partial charge is 0.417 e. The van der Waals surface area contributed by atoms with Crippen LogP contribution in [0.5, 0.6) is 0 Å². The number of alkyl halides is 3. The summed E-state index contributed by atoms with van der Waals surface area (Å²) in [4.78, 5) is 30.7. The molecule has 3 rings (SSSR count). The van der Waals surface area contributed by atoms with Crippen LogP contribution in [0.3, 0.4) is 0 Å². The van der Waals surface area contributed by atoms with E-state index in [0.29, 0.717) is 13.1 Å². The Bertz CT molecular complexity index is 1140. The second-order valence-corrected chi connectivity index (χ2v) is 7.10. The maximum Gasteiger partial charge on any atom is 0.417 e. The molecular weight excluding hydrogens is 431 g/mol. The number of rotatable bonds is 5. The highest BCUT2D eigenvalue weighted by Gasteiger charge is 2.37. The first-order valence-electron chi connectivity index (χ1n) is 9.52. The maximum absolute atomic E-state index is 13.8. The van der Waals surface area contributed by atoms with Crippen LogP contribution in [0, 0.1) is 0 Å². The summed E-state index contributed by atoms with van der Waals surface area (Å²) < 4.78 is 41.3. The fraction of sp³-hybridized carbons (Fsp3) is 0.227. The van der Waals surface area contributed by atoms with E-state index in [-0.39, 0.29) is 33.1 Å². The molecule has 0 saturated heterocycles. The van der Waals surface area contributed by atoms with Crippen molar-refractivity contribution < 1.29 is 22.8 Å². The van der Waals surface area contributed by atoms with Crippen LogP contribution >= 0.6 is 11.6 Å². The lowest BCUT2D eigenvalue weighted by Gasteiger charge is -2.19. The molecule has 0 atom stereocenters. The van der Waals surface area contributed by atoms with Crippen LogP contribution in [-0.4, -0.2) is 34.8 Å². The molecule has 0 aliphatic rings. The van der Waals surface area contributed by atoms with Crippen LogP contribution in [0.25, 0.3) is 10.9 Å². The molecule has 1 N–H and O–H groups in total. The number of hydrogen-bond donors (Lipinski definition) is 1. The van der Waals surface area contributed by atoms with Crippen molar-refractivity contribution in [2.24, 2.45) is 0 Å². The number of carbonyl (C=O) groups is 2. The molecule has 162 valence electrons. The average molecular weight is 450 g/mol. The highest BCUT2D eigenvalue weighted by molar-refractivity contribution is 6.34. The van der Waals surface area contributed by atoms with Gasteiger partial charge in [-0.3, -0.25) is 14.6 Å². The molecule has 0 aliphatic heterocycles. The molecule has 2 amide bonds. The zero-order valence-electron chi connectivity index (χ0n) is 16.8. The van der Waals surface area contributed by atoms with Gasteiger partial charge in [-0.1, -0.05) is 29.8 Å². The Kier molecular flexibility index (Phi) is 6.50. The van der Waals surface area contributed by atoms with Crippen molar-refractivity contribution in [1.82, 2.24) is 9.88 Å². The van der Waals surface area contributed by atoms with E-state index < -0.39 is 23.2 Å². The SMILES string of the molecule is CCN(CC)C(=O)c1ccc(NC(=O)c2cnc3ccccc3c2C(F)(F)F)cc1Cl. The van der Waals surface area contributed by atoms with Gasteiger partial charge in [-0.05, 0) is 38.1 Å². The maximum atomic E-state index is 13.8. The molecule has 2 aromatic carbocycles. The Morgan fingerprint density at radius 2 is 1.74 bits per heavy atom. The summed E-state index contributed by atoms with van der Waals surface area (Å²) in [6, 6.07) is 9.91. The number of nitrogens with one attached hydrogen (secondary N) is 1. The minimum absolute atomic E-state index is 0.0855. The van der Waals surface area contributed by atoms with Crippen molar-refractivity contribution in [3.63, 3.8) is 0 Å². The van der Waals surface area contributed by atoms with E-state index in [9.17, 15) is 22.8 Å². The van der Waals surface area contributed by atoms with Gasteiger partial charge in [-0.25, -0.2) is 0 Å². The van der Waals surface area contributed by atoms with Gasteiger partial charge in [0.05, 0.1) is 27.2 Å². The van der Waals surface area contributed by atoms with Crippen LogP contribution in [0.2, 0.25) is 5.02 Å². The Balaban J connectivity index is 1.95. The number of anilines is 1. The number of benzene rings is 2. The van der Waals surface area contributed by atoms with Crippen molar-refractivity contribution >= 4 is 40.0 Å². The quantitative estimate of drug-likeness (QED) is 0.548. The number of amides is 2. The Morgan fingerprint density at radius 1 is 1.06 bits per heavy atom. The number of nitrogens with zero attached hydrogens (tertiary/aromatic N) is 2. The van der Waals surface area contributed by atoms with Gasteiger partial charge in [-0.2, -0.15) is 13.2 Å². The summed E-state index contributed by atoms with van der Waals surface area (Å²) in [7, 11) is 0. The third-order valence-corrected chi connectivity index (χ3v) is 5.12. The molecule has 5 nitrogen and oxygen atoms in total. The minimum atomic E-state index is -4.76. The molecule has 1 heterocycles. The molecule has 9 heteroatoms. The zero-order valence-corrected chi connectivity index (χ0v) is 17.5. The molecule has 0 aliphatic carbocycles. The molecule has 0 spiro atoms. The number of hydrogen-bond acceptors (Lipinski definition) is 3.